The van der Waals surface area contributed by atoms with E-state index < -0.39 is 0 Å². The zero-order valence-electron chi connectivity index (χ0n) is 18.4. The molecule has 31 heavy (non-hydrogen) atoms. The smallest absolute Gasteiger partial charge is 0.248 e. The highest BCUT2D eigenvalue weighted by molar-refractivity contribution is 6.04. The number of carbonyl (C=O) groups excluding carboxylic acids is 1. The third-order valence-electron chi connectivity index (χ3n) is 5.76. The third kappa shape index (κ3) is 4.70. The first kappa shape index (κ1) is 20.9. The van der Waals surface area contributed by atoms with Crippen molar-refractivity contribution in [1.82, 2.24) is 14.7 Å². The summed E-state index contributed by atoms with van der Waals surface area (Å²) in [7, 11) is 2.14. The maximum Gasteiger partial charge on any atom is 0.248 e. The molecule has 0 aliphatic carbocycles. The molecule has 1 N–H and O–H groups in total. The van der Waals surface area contributed by atoms with E-state index in [1.54, 1.807) is 6.08 Å². The molecule has 6 heteroatoms. The number of hydrogen-bond donors (Lipinski definition) is 1. The first-order valence-corrected chi connectivity index (χ1v) is 10.7. The van der Waals surface area contributed by atoms with Gasteiger partial charge in [0.1, 0.15) is 0 Å². The van der Waals surface area contributed by atoms with Crippen molar-refractivity contribution < 1.29 is 4.79 Å². The Morgan fingerprint density at radius 3 is 2.39 bits per heavy atom. The molecule has 1 amide bonds. The number of nitrogens with zero attached hydrogens (tertiary/aromatic N) is 4. The van der Waals surface area contributed by atoms with Crippen molar-refractivity contribution in [3.63, 3.8) is 0 Å². The van der Waals surface area contributed by atoms with Crippen molar-refractivity contribution in [3.05, 3.63) is 77.6 Å². The lowest BCUT2D eigenvalue weighted by atomic mass is 10.1. The molecule has 4 rings (SSSR count). The molecule has 2 aromatic carbocycles. The molecule has 3 aromatic rings. The van der Waals surface area contributed by atoms with Crippen LogP contribution in [0.2, 0.25) is 0 Å². The van der Waals surface area contributed by atoms with Crippen LogP contribution in [0, 0.1) is 13.8 Å². The summed E-state index contributed by atoms with van der Waals surface area (Å²) in [5.41, 5.74) is 5.78. The summed E-state index contributed by atoms with van der Waals surface area (Å²) in [5.74, 6) is -0.146. The Morgan fingerprint density at radius 1 is 0.968 bits per heavy atom. The van der Waals surface area contributed by atoms with Gasteiger partial charge < -0.3 is 15.1 Å². The third-order valence-corrected chi connectivity index (χ3v) is 5.76. The fraction of sp³-hybridized carbons (Fsp3) is 0.280. The summed E-state index contributed by atoms with van der Waals surface area (Å²) in [4.78, 5) is 17.4. The number of amides is 1. The number of nitrogens with one attached hydrogen (secondary N) is 1. The molecule has 1 aliphatic rings. The largest absolute Gasteiger partial charge is 0.367 e. The van der Waals surface area contributed by atoms with Crippen molar-refractivity contribution in [2.75, 3.05) is 43.4 Å². The van der Waals surface area contributed by atoms with Gasteiger partial charge in [0.2, 0.25) is 5.91 Å². The second-order valence-electron chi connectivity index (χ2n) is 7.96. The molecule has 160 valence electrons. The van der Waals surface area contributed by atoms with E-state index in [1.807, 2.05) is 73.1 Å². The lowest BCUT2D eigenvalue weighted by Crippen LogP contribution is -2.44. The minimum absolute atomic E-state index is 0.146. The Labute approximate surface area is 183 Å². The quantitative estimate of drug-likeness (QED) is 0.643. The Kier molecular flexibility index (Phi) is 6.18. The van der Waals surface area contributed by atoms with Crippen LogP contribution in [0.15, 0.2) is 60.7 Å². The minimum Gasteiger partial charge on any atom is -0.367 e. The molecule has 2 heterocycles. The highest BCUT2D eigenvalue weighted by Gasteiger charge is 2.17. The maximum atomic E-state index is 12.7. The molecule has 1 aromatic heterocycles. The van der Waals surface area contributed by atoms with Gasteiger partial charge in [-0.3, -0.25) is 4.79 Å². The number of carbonyl (C=O) groups is 1. The number of anilines is 2. The van der Waals surface area contributed by atoms with E-state index in [2.05, 4.69) is 33.3 Å². The lowest BCUT2D eigenvalue weighted by molar-refractivity contribution is -0.111. The fourth-order valence-electron chi connectivity index (χ4n) is 3.95. The van der Waals surface area contributed by atoms with Crippen LogP contribution in [0.25, 0.3) is 11.8 Å². The van der Waals surface area contributed by atoms with Gasteiger partial charge in [-0.1, -0.05) is 30.3 Å². The topological polar surface area (TPSA) is 53.4 Å². The fourth-order valence-corrected chi connectivity index (χ4v) is 3.95. The highest BCUT2D eigenvalue weighted by Crippen LogP contribution is 2.26. The van der Waals surface area contributed by atoms with Gasteiger partial charge in [0.25, 0.3) is 0 Å². The molecule has 0 bridgehead atoms. The van der Waals surface area contributed by atoms with E-state index in [4.69, 9.17) is 0 Å². The van der Waals surface area contributed by atoms with E-state index in [-0.39, 0.29) is 5.91 Å². The van der Waals surface area contributed by atoms with Crippen molar-refractivity contribution in [2.24, 2.45) is 0 Å². The van der Waals surface area contributed by atoms with E-state index in [0.29, 0.717) is 0 Å². The summed E-state index contributed by atoms with van der Waals surface area (Å²) in [5, 5.41) is 7.71. The summed E-state index contributed by atoms with van der Waals surface area (Å²) in [6, 6.07) is 18.0. The minimum atomic E-state index is -0.146. The average Bonchev–Trinajstić information content (AvgIpc) is 3.07. The average molecular weight is 416 g/mol. The monoisotopic (exact) mass is 415 g/mol. The van der Waals surface area contributed by atoms with Gasteiger partial charge in [0.05, 0.1) is 22.8 Å². The number of benzene rings is 2. The second kappa shape index (κ2) is 9.18. The van der Waals surface area contributed by atoms with E-state index in [9.17, 15) is 4.79 Å². The van der Waals surface area contributed by atoms with Gasteiger partial charge in [0.15, 0.2) is 0 Å². The Morgan fingerprint density at radius 2 is 1.65 bits per heavy atom. The Bertz CT molecular complexity index is 1080. The maximum absolute atomic E-state index is 12.7. The van der Waals surface area contributed by atoms with Crippen LogP contribution in [0.3, 0.4) is 0 Å². The summed E-state index contributed by atoms with van der Waals surface area (Å²) < 4.78 is 1.91. The van der Waals surface area contributed by atoms with Gasteiger partial charge >= 0.3 is 0 Å². The molecule has 0 radical (unpaired) electrons. The SMILES string of the molecule is Cc1nn(-c2ccccc2)c(C)c1/C=C/C(=O)Nc1ccccc1N1CCN(C)CC1. The Balaban J connectivity index is 1.50. The number of para-hydroxylation sites is 3. The molecule has 1 saturated heterocycles. The first-order chi connectivity index (χ1) is 15.0. The van der Waals surface area contributed by atoms with Crippen LogP contribution >= 0.6 is 0 Å². The molecule has 0 saturated carbocycles. The van der Waals surface area contributed by atoms with Crippen LogP contribution in [-0.2, 0) is 4.79 Å². The Hall–Kier alpha value is -3.38. The molecule has 0 atom stereocenters. The number of aromatic nitrogens is 2. The van der Waals surface area contributed by atoms with Crippen LogP contribution in [0.4, 0.5) is 11.4 Å². The van der Waals surface area contributed by atoms with Crippen LogP contribution < -0.4 is 10.2 Å². The summed E-state index contributed by atoms with van der Waals surface area (Å²) in [6.45, 7) is 7.94. The molecule has 0 unspecified atom stereocenters. The predicted molar refractivity (Wildman–Crippen MR) is 127 cm³/mol. The predicted octanol–water partition coefficient (Wildman–Crippen LogP) is 3.89. The van der Waals surface area contributed by atoms with E-state index in [0.717, 1.165) is 60.2 Å². The van der Waals surface area contributed by atoms with Crippen molar-refractivity contribution >= 4 is 23.4 Å². The molecule has 0 spiro atoms. The zero-order chi connectivity index (χ0) is 21.8. The van der Waals surface area contributed by atoms with Gasteiger partial charge in [-0.05, 0) is 51.2 Å². The van der Waals surface area contributed by atoms with Gasteiger partial charge in [-0.25, -0.2) is 4.68 Å². The van der Waals surface area contributed by atoms with Crippen molar-refractivity contribution in [2.45, 2.75) is 13.8 Å². The van der Waals surface area contributed by atoms with Gasteiger partial charge in [-0.2, -0.15) is 5.10 Å². The van der Waals surface area contributed by atoms with Gasteiger partial charge in [0, 0.05) is 43.5 Å². The lowest BCUT2D eigenvalue weighted by Gasteiger charge is -2.35. The van der Waals surface area contributed by atoms with Crippen LogP contribution in [0.5, 0.6) is 0 Å². The molecule has 1 aliphatic heterocycles. The van der Waals surface area contributed by atoms with E-state index >= 15 is 0 Å². The molecular formula is C25H29N5O. The van der Waals surface area contributed by atoms with Crippen LogP contribution in [-0.4, -0.2) is 53.8 Å². The number of aryl methyl sites for hydroxylation is 1. The second-order valence-corrected chi connectivity index (χ2v) is 7.96. The van der Waals surface area contributed by atoms with E-state index in [1.165, 1.54) is 0 Å². The number of hydrogen-bond acceptors (Lipinski definition) is 4. The van der Waals surface area contributed by atoms with Gasteiger partial charge in [-0.15, -0.1) is 0 Å². The first-order valence-electron chi connectivity index (χ1n) is 10.7. The zero-order valence-corrected chi connectivity index (χ0v) is 18.4. The van der Waals surface area contributed by atoms with Crippen LogP contribution in [0.1, 0.15) is 17.0 Å². The number of piperazine rings is 1. The summed E-state index contributed by atoms with van der Waals surface area (Å²) >= 11 is 0. The molecular weight excluding hydrogens is 386 g/mol. The highest BCUT2D eigenvalue weighted by atomic mass is 16.1. The molecule has 1 fully saturated rings. The summed E-state index contributed by atoms with van der Waals surface area (Å²) in [6.07, 6.45) is 3.44. The standard InChI is InChI=1S/C25H29N5O/c1-19-22(20(2)30(27-19)21-9-5-4-6-10-21)13-14-25(31)26-23-11-7-8-12-24(23)29-17-15-28(3)16-18-29/h4-14H,15-18H2,1-3H3,(H,26,31)/b14-13+. The molecule has 6 nitrogen and oxygen atoms in total. The normalized spacial score (nSPS) is 14.9. The van der Waals surface area contributed by atoms with Crippen molar-refractivity contribution in [1.29, 1.82) is 0 Å². The van der Waals surface area contributed by atoms with Crippen molar-refractivity contribution in [3.8, 4) is 5.69 Å². The number of rotatable bonds is 5. The number of likely N-dealkylation sites (N-methyl/N-ethyl adjacent to an activating group) is 1.